The molecular weight excluding hydrogens is 276 g/mol. The number of halogens is 1. The van der Waals surface area contributed by atoms with Crippen LogP contribution in [-0.2, 0) is 4.79 Å². The molecule has 0 fully saturated rings. The first-order chi connectivity index (χ1) is 9.63. The number of rotatable bonds is 2. The zero-order chi connectivity index (χ0) is 14.1. The van der Waals surface area contributed by atoms with Crippen LogP contribution < -0.4 is 5.32 Å². The molecule has 0 aliphatic rings. The van der Waals surface area contributed by atoms with E-state index in [9.17, 15) is 4.79 Å². The van der Waals surface area contributed by atoms with Crippen LogP contribution in [0.5, 0.6) is 0 Å². The highest BCUT2D eigenvalue weighted by molar-refractivity contribution is 6.33. The van der Waals surface area contributed by atoms with Crippen LogP contribution in [0, 0.1) is 0 Å². The van der Waals surface area contributed by atoms with Gasteiger partial charge in [-0.25, -0.2) is 4.98 Å². The molecule has 1 amide bonds. The predicted octanol–water partition coefficient (Wildman–Crippen LogP) is 4.11. The first-order valence-electron chi connectivity index (χ1n) is 6.06. The quantitative estimate of drug-likeness (QED) is 0.771. The molecular formula is C15H11ClN2O2. The van der Waals surface area contributed by atoms with Crippen molar-refractivity contribution in [2.24, 2.45) is 0 Å². The highest BCUT2D eigenvalue weighted by Crippen LogP contribution is 2.32. The highest BCUT2D eigenvalue weighted by atomic mass is 35.5. The van der Waals surface area contributed by atoms with E-state index in [1.165, 1.54) is 6.92 Å². The van der Waals surface area contributed by atoms with E-state index in [1.54, 1.807) is 18.2 Å². The predicted molar refractivity (Wildman–Crippen MR) is 78.8 cm³/mol. The molecule has 5 heteroatoms. The number of fused-ring (bicyclic) bond motifs is 1. The first kappa shape index (κ1) is 12.7. The van der Waals surface area contributed by atoms with Gasteiger partial charge in [-0.2, -0.15) is 0 Å². The molecule has 100 valence electrons. The highest BCUT2D eigenvalue weighted by Gasteiger charge is 2.12. The lowest BCUT2D eigenvalue weighted by molar-refractivity contribution is -0.114. The number of hydrogen-bond acceptors (Lipinski definition) is 3. The minimum Gasteiger partial charge on any atom is -0.436 e. The van der Waals surface area contributed by atoms with E-state index >= 15 is 0 Å². The zero-order valence-electron chi connectivity index (χ0n) is 10.7. The van der Waals surface area contributed by atoms with Crippen molar-refractivity contribution >= 4 is 34.3 Å². The Balaban J connectivity index is 2.10. The van der Waals surface area contributed by atoms with Gasteiger partial charge in [-0.1, -0.05) is 23.7 Å². The van der Waals surface area contributed by atoms with Crippen molar-refractivity contribution in [3.8, 4) is 11.5 Å². The largest absolute Gasteiger partial charge is 0.436 e. The number of aromatic nitrogens is 1. The number of amides is 1. The van der Waals surface area contributed by atoms with Crippen LogP contribution in [0.4, 0.5) is 5.69 Å². The summed E-state index contributed by atoms with van der Waals surface area (Å²) in [5, 5.41) is 3.23. The van der Waals surface area contributed by atoms with Gasteiger partial charge in [0.05, 0.1) is 10.6 Å². The average Bonchev–Trinajstić information content (AvgIpc) is 2.84. The van der Waals surface area contributed by atoms with Gasteiger partial charge in [-0.05, 0) is 30.3 Å². The van der Waals surface area contributed by atoms with Crippen molar-refractivity contribution < 1.29 is 9.21 Å². The second kappa shape index (κ2) is 4.98. The van der Waals surface area contributed by atoms with Crippen LogP contribution in [0.25, 0.3) is 22.6 Å². The van der Waals surface area contributed by atoms with Crippen LogP contribution in [-0.4, -0.2) is 10.9 Å². The molecule has 4 nitrogen and oxygen atoms in total. The molecule has 20 heavy (non-hydrogen) atoms. The number of nitrogens with one attached hydrogen (secondary N) is 1. The van der Waals surface area contributed by atoms with Crippen molar-refractivity contribution in [1.29, 1.82) is 0 Å². The van der Waals surface area contributed by atoms with Crippen molar-refractivity contribution in [3.05, 3.63) is 47.5 Å². The lowest BCUT2D eigenvalue weighted by Crippen LogP contribution is -2.05. The SMILES string of the molecule is CC(=O)Nc1ccc(Cl)c(-c2nc3ccccc3o2)c1. The van der Waals surface area contributed by atoms with Gasteiger partial charge in [0.25, 0.3) is 0 Å². The Morgan fingerprint density at radius 1 is 1.25 bits per heavy atom. The van der Waals surface area contributed by atoms with Crippen molar-refractivity contribution in [2.45, 2.75) is 6.92 Å². The molecule has 0 aliphatic heterocycles. The number of benzene rings is 2. The maximum atomic E-state index is 11.1. The maximum absolute atomic E-state index is 11.1. The Hall–Kier alpha value is -2.33. The molecule has 2 aromatic carbocycles. The van der Waals surface area contributed by atoms with Gasteiger partial charge < -0.3 is 9.73 Å². The number of anilines is 1. The third-order valence-corrected chi connectivity index (χ3v) is 3.14. The van der Waals surface area contributed by atoms with Crippen LogP contribution in [0.15, 0.2) is 46.9 Å². The molecule has 0 saturated heterocycles. The standard InChI is InChI=1S/C15H11ClN2O2/c1-9(19)17-10-6-7-12(16)11(8-10)15-18-13-4-2-3-5-14(13)20-15/h2-8H,1H3,(H,17,19). The van der Waals surface area contributed by atoms with Gasteiger partial charge in [0.1, 0.15) is 5.52 Å². The zero-order valence-corrected chi connectivity index (χ0v) is 11.4. The molecule has 3 aromatic rings. The third-order valence-electron chi connectivity index (χ3n) is 2.81. The van der Waals surface area contributed by atoms with Gasteiger partial charge in [-0.3, -0.25) is 4.79 Å². The Kier molecular flexibility index (Phi) is 3.16. The number of carbonyl (C=O) groups is 1. The normalized spacial score (nSPS) is 10.7. The molecule has 0 saturated carbocycles. The van der Waals surface area contributed by atoms with Gasteiger partial charge in [0.15, 0.2) is 5.58 Å². The second-order valence-corrected chi connectivity index (χ2v) is 4.77. The molecule has 0 atom stereocenters. The summed E-state index contributed by atoms with van der Waals surface area (Å²) in [6.07, 6.45) is 0. The van der Waals surface area contributed by atoms with Crippen LogP contribution in [0.3, 0.4) is 0 Å². The molecule has 3 rings (SSSR count). The van der Waals surface area contributed by atoms with E-state index in [-0.39, 0.29) is 5.91 Å². The molecule has 1 heterocycles. The summed E-state index contributed by atoms with van der Waals surface area (Å²) in [7, 11) is 0. The smallest absolute Gasteiger partial charge is 0.228 e. The fourth-order valence-corrected chi connectivity index (χ4v) is 2.16. The molecule has 0 unspecified atom stereocenters. The van der Waals surface area contributed by atoms with Crippen molar-refractivity contribution in [3.63, 3.8) is 0 Å². The second-order valence-electron chi connectivity index (χ2n) is 4.36. The lowest BCUT2D eigenvalue weighted by Gasteiger charge is -2.05. The number of hydrogen-bond donors (Lipinski definition) is 1. The Morgan fingerprint density at radius 2 is 2.05 bits per heavy atom. The molecule has 0 aliphatic carbocycles. The number of nitrogens with zero attached hydrogens (tertiary/aromatic N) is 1. The Morgan fingerprint density at radius 3 is 2.80 bits per heavy atom. The van der Waals surface area contributed by atoms with Gasteiger partial charge >= 0.3 is 0 Å². The number of oxazole rings is 1. The molecule has 0 bridgehead atoms. The number of para-hydroxylation sites is 2. The summed E-state index contributed by atoms with van der Waals surface area (Å²) in [5.41, 5.74) is 2.76. The van der Waals surface area contributed by atoms with Crippen LogP contribution in [0.2, 0.25) is 5.02 Å². The Bertz CT molecular complexity index is 762. The Labute approximate surface area is 120 Å². The van der Waals surface area contributed by atoms with E-state index in [1.807, 2.05) is 24.3 Å². The summed E-state index contributed by atoms with van der Waals surface area (Å²) in [6.45, 7) is 1.45. The first-order valence-corrected chi connectivity index (χ1v) is 6.44. The topological polar surface area (TPSA) is 55.1 Å². The van der Waals surface area contributed by atoms with E-state index in [2.05, 4.69) is 10.3 Å². The fourth-order valence-electron chi connectivity index (χ4n) is 1.96. The van der Waals surface area contributed by atoms with Crippen molar-refractivity contribution in [2.75, 3.05) is 5.32 Å². The monoisotopic (exact) mass is 286 g/mol. The number of carbonyl (C=O) groups excluding carboxylic acids is 1. The van der Waals surface area contributed by atoms with Crippen LogP contribution >= 0.6 is 11.6 Å². The minimum absolute atomic E-state index is 0.143. The van der Waals surface area contributed by atoms with Crippen molar-refractivity contribution in [1.82, 2.24) is 4.98 Å². The van der Waals surface area contributed by atoms with E-state index in [4.69, 9.17) is 16.0 Å². The van der Waals surface area contributed by atoms with E-state index in [0.717, 1.165) is 5.52 Å². The summed E-state index contributed by atoms with van der Waals surface area (Å²) >= 11 is 6.18. The van der Waals surface area contributed by atoms with E-state index in [0.29, 0.717) is 27.7 Å². The third kappa shape index (κ3) is 2.38. The van der Waals surface area contributed by atoms with E-state index < -0.39 is 0 Å². The van der Waals surface area contributed by atoms with Crippen LogP contribution in [0.1, 0.15) is 6.92 Å². The summed E-state index contributed by atoms with van der Waals surface area (Å²) < 4.78 is 5.69. The summed E-state index contributed by atoms with van der Waals surface area (Å²) in [6, 6.07) is 12.7. The molecule has 0 spiro atoms. The summed E-state index contributed by atoms with van der Waals surface area (Å²) in [5.74, 6) is 0.291. The molecule has 1 aromatic heterocycles. The molecule has 1 N–H and O–H groups in total. The average molecular weight is 287 g/mol. The molecule has 0 radical (unpaired) electrons. The fraction of sp³-hybridized carbons (Fsp3) is 0.0667. The summed E-state index contributed by atoms with van der Waals surface area (Å²) in [4.78, 5) is 15.5. The maximum Gasteiger partial charge on any atom is 0.228 e. The van der Waals surface area contributed by atoms with Gasteiger partial charge in [0.2, 0.25) is 11.8 Å². The van der Waals surface area contributed by atoms with Gasteiger partial charge in [-0.15, -0.1) is 0 Å². The van der Waals surface area contributed by atoms with Gasteiger partial charge in [0, 0.05) is 12.6 Å². The minimum atomic E-state index is -0.143. The lowest BCUT2D eigenvalue weighted by atomic mass is 10.2.